The minimum Gasteiger partial charge on any atom is -0.394 e. The number of carbonyl (C=O) groups excluding carboxylic acids is 1. The second kappa shape index (κ2) is 8.39. The molecule has 1 saturated heterocycles. The highest BCUT2D eigenvalue weighted by Crippen LogP contribution is 2.24. The summed E-state index contributed by atoms with van der Waals surface area (Å²) in [5, 5.41) is 84.6. The van der Waals surface area contributed by atoms with Crippen LogP contribution in [0.3, 0.4) is 0 Å². The van der Waals surface area contributed by atoms with Crippen LogP contribution in [-0.4, -0.2) is 120 Å². The Hall–Kier alpha value is -0.730. The van der Waals surface area contributed by atoms with Gasteiger partial charge in [0.15, 0.2) is 5.78 Å². The van der Waals surface area contributed by atoms with E-state index in [-0.39, 0.29) is 0 Å². The van der Waals surface area contributed by atoms with Crippen LogP contribution in [0.5, 0.6) is 0 Å². The molecule has 0 bridgehead atoms. The van der Waals surface area contributed by atoms with Crippen LogP contribution >= 0.6 is 0 Å². The topological polar surface area (TPSA) is 208 Å². The van der Waals surface area contributed by atoms with Gasteiger partial charge in [0, 0.05) is 0 Å². The maximum absolute atomic E-state index is 11.9. The maximum Gasteiger partial charge on any atom is 0.195 e. The van der Waals surface area contributed by atoms with Gasteiger partial charge in [0.1, 0.15) is 54.9 Å². The van der Waals surface area contributed by atoms with Crippen molar-refractivity contribution in [2.45, 2.75) is 54.9 Å². The molecule has 0 aromatic heterocycles. The van der Waals surface area contributed by atoms with Crippen LogP contribution in [0.25, 0.3) is 0 Å². The van der Waals surface area contributed by atoms with Gasteiger partial charge < -0.3 is 50.7 Å². The predicted octanol–water partition coefficient (Wildman–Crippen LogP) is -6.17. The van der Waals surface area contributed by atoms with Crippen molar-refractivity contribution < 1.29 is 55.5 Å². The molecule has 1 fully saturated rings. The summed E-state index contributed by atoms with van der Waals surface area (Å²) in [7, 11) is 0. The minimum atomic E-state index is -2.31. The second-order valence-corrected chi connectivity index (χ2v) is 5.33. The van der Waals surface area contributed by atoms with Crippen LogP contribution in [0, 0.1) is 0 Å². The van der Waals surface area contributed by atoms with Crippen LogP contribution in [0.1, 0.15) is 0 Å². The lowest BCUT2D eigenvalue weighted by Crippen LogP contribution is -2.63. The summed E-state index contributed by atoms with van der Waals surface area (Å²) in [5.41, 5.74) is 0. The van der Waals surface area contributed by atoms with Gasteiger partial charge in [-0.3, -0.25) is 4.79 Å². The summed E-state index contributed by atoms with van der Waals surface area (Å²) in [6.07, 6.45) is -17.1. The predicted molar refractivity (Wildman–Crippen MR) is 69.9 cm³/mol. The van der Waals surface area contributed by atoms with Crippen LogP contribution in [0.2, 0.25) is 0 Å². The first-order valence-electron chi connectivity index (χ1n) is 6.84. The first-order valence-corrected chi connectivity index (χ1v) is 6.84. The number of rotatable bonds is 7. The summed E-state index contributed by atoms with van der Waals surface area (Å²) >= 11 is 0. The smallest absolute Gasteiger partial charge is 0.195 e. The molecule has 0 aromatic carbocycles. The average Bonchev–Trinajstić information content (AvgIpc) is 2.56. The van der Waals surface area contributed by atoms with Crippen molar-refractivity contribution in [2.24, 2.45) is 0 Å². The second-order valence-electron chi connectivity index (χ2n) is 5.33. The van der Waals surface area contributed by atoms with Crippen LogP contribution in [0.4, 0.5) is 0 Å². The fourth-order valence-electron chi connectivity index (χ4n) is 2.21. The van der Waals surface area contributed by atoms with E-state index in [1.807, 2.05) is 0 Å². The Bertz CT molecular complexity index is 389. The summed E-state index contributed by atoms with van der Waals surface area (Å²) in [5.74, 6) is -1.45. The molecule has 9 atom stereocenters. The van der Waals surface area contributed by atoms with Gasteiger partial charge in [0.25, 0.3) is 0 Å². The normalized spacial score (nSPS) is 37.0. The van der Waals surface area contributed by atoms with Crippen molar-refractivity contribution in [3.8, 4) is 0 Å². The van der Waals surface area contributed by atoms with E-state index in [9.17, 15) is 35.4 Å². The number of aliphatic hydroxyl groups excluding tert-OH is 9. The third kappa shape index (κ3) is 4.22. The third-order valence-corrected chi connectivity index (χ3v) is 3.73. The van der Waals surface area contributed by atoms with Gasteiger partial charge in [-0.2, -0.15) is 0 Å². The Labute approximate surface area is 130 Å². The Balaban J connectivity index is 2.85. The lowest BCUT2D eigenvalue weighted by Gasteiger charge is -2.41. The molecule has 0 amide bonds. The third-order valence-electron chi connectivity index (χ3n) is 3.73. The van der Waals surface area contributed by atoms with E-state index < -0.39 is 73.9 Å². The van der Waals surface area contributed by atoms with E-state index >= 15 is 0 Å². The summed E-state index contributed by atoms with van der Waals surface area (Å²) in [4.78, 5) is 11.9. The molecule has 136 valence electrons. The zero-order valence-electron chi connectivity index (χ0n) is 12.0. The summed E-state index contributed by atoms with van der Waals surface area (Å²) < 4.78 is 4.94. The van der Waals surface area contributed by atoms with E-state index in [0.29, 0.717) is 0 Å². The number of carbonyl (C=O) groups is 1. The van der Waals surface area contributed by atoms with Crippen molar-refractivity contribution >= 4 is 5.78 Å². The van der Waals surface area contributed by atoms with Crippen molar-refractivity contribution in [2.75, 3.05) is 13.2 Å². The first kappa shape index (κ1) is 20.3. The van der Waals surface area contributed by atoms with Crippen LogP contribution in [-0.2, 0) is 9.53 Å². The molecule has 0 saturated carbocycles. The molecule has 11 nitrogen and oxygen atoms in total. The highest BCUT2D eigenvalue weighted by Gasteiger charge is 2.49. The molecule has 0 radical (unpaired) electrons. The Morgan fingerprint density at radius 1 is 0.957 bits per heavy atom. The van der Waals surface area contributed by atoms with Gasteiger partial charge in [-0.15, -0.1) is 0 Å². The van der Waals surface area contributed by atoms with Gasteiger partial charge in [-0.05, 0) is 0 Å². The standard InChI is InChI=1S/C12H22O11/c13-1-3(15)5(16)7(18)9(20)11(22)12-10(21)8(19)6(17)4(2-14)23-12/h3-8,10-19,21-22H,1-2H2/t3-,4-,5-,6-,7+,8+,10+,11?,12-/m1/s1. The molecule has 1 rings (SSSR count). The molecule has 1 aliphatic heterocycles. The van der Waals surface area contributed by atoms with Crippen LogP contribution in [0.15, 0.2) is 0 Å². The quantitative estimate of drug-likeness (QED) is 0.212. The zero-order valence-corrected chi connectivity index (χ0v) is 12.0. The lowest BCUT2D eigenvalue weighted by atomic mass is 9.89. The number of Topliss-reactive ketones (excluding diaryl/α,β-unsaturated/α-hetero) is 1. The average molecular weight is 342 g/mol. The highest BCUT2D eigenvalue weighted by atomic mass is 16.6. The van der Waals surface area contributed by atoms with E-state index in [0.717, 1.165) is 0 Å². The fourth-order valence-corrected chi connectivity index (χ4v) is 2.21. The molecule has 1 aliphatic rings. The number of hydrogen-bond acceptors (Lipinski definition) is 11. The molecule has 9 N–H and O–H groups in total. The number of ketones is 1. The van der Waals surface area contributed by atoms with Crippen molar-refractivity contribution in [1.29, 1.82) is 0 Å². The SMILES string of the molecule is O=C(C(O)[C@@H]1O[C@H](CO)[C@@H](O)[C@H](O)[C@@H]1O)[C@@H](O)[C@H](O)[C@H](O)CO. The van der Waals surface area contributed by atoms with Crippen molar-refractivity contribution in [1.82, 2.24) is 0 Å². The van der Waals surface area contributed by atoms with Crippen molar-refractivity contribution in [3.63, 3.8) is 0 Å². The molecule has 0 aromatic rings. The molecular formula is C12H22O11. The van der Waals surface area contributed by atoms with Crippen LogP contribution < -0.4 is 0 Å². The largest absolute Gasteiger partial charge is 0.394 e. The van der Waals surface area contributed by atoms with E-state index in [1.54, 1.807) is 0 Å². The van der Waals surface area contributed by atoms with E-state index in [2.05, 4.69) is 0 Å². The molecule has 0 aliphatic carbocycles. The number of aliphatic hydroxyl groups is 9. The van der Waals surface area contributed by atoms with Crippen molar-refractivity contribution in [3.05, 3.63) is 0 Å². The summed E-state index contributed by atoms with van der Waals surface area (Å²) in [6.45, 7) is -1.74. The zero-order chi connectivity index (χ0) is 17.9. The number of hydrogen-bond donors (Lipinski definition) is 9. The molecule has 23 heavy (non-hydrogen) atoms. The first-order chi connectivity index (χ1) is 10.7. The molecular weight excluding hydrogens is 320 g/mol. The van der Waals surface area contributed by atoms with Gasteiger partial charge in [0.05, 0.1) is 13.2 Å². The Morgan fingerprint density at radius 2 is 1.52 bits per heavy atom. The van der Waals surface area contributed by atoms with E-state index in [1.165, 1.54) is 0 Å². The number of ether oxygens (including phenoxy) is 1. The van der Waals surface area contributed by atoms with Gasteiger partial charge in [-0.1, -0.05) is 0 Å². The molecule has 1 heterocycles. The maximum atomic E-state index is 11.9. The minimum absolute atomic E-state index is 0.781. The highest BCUT2D eigenvalue weighted by molar-refractivity contribution is 5.88. The lowest BCUT2D eigenvalue weighted by molar-refractivity contribution is -0.248. The monoisotopic (exact) mass is 342 g/mol. The molecule has 1 unspecified atom stereocenters. The molecule has 0 spiro atoms. The van der Waals surface area contributed by atoms with E-state index in [4.69, 9.17) is 20.1 Å². The van der Waals surface area contributed by atoms with Gasteiger partial charge in [-0.25, -0.2) is 0 Å². The Kier molecular flexibility index (Phi) is 7.41. The molecule has 11 heteroatoms. The fraction of sp³-hybridized carbons (Fsp3) is 0.917. The summed E-state index contributed by atoms with van der Waals surface area (Å²) in [6, 6.07) is 0. The van der Waals surface area contributed by atoms with Gasteiger partial charge in [0.2, 0.25) is 0 Å². The Morgan fingerprint density at radius 3 is 2.00 bits per heavy atom. The van der Waals surface area contributed by atoms with Gasteiger partial charge >= 0.3 is 0 Å².